The number of ketones is 1. The van der Waals surface area contributed by atoms with Gasteiger partial charge in [-0.3, -0.25) is 9.59 Å². The highest BCUT2D eigenvalue weighted by atomic mass is 32.1. The first-order valence-corrected chi connectivity index (χ1v) is 10.2. The van der Waals surface area contributed by atoms with Crippen molar-refractivity contribution >= 4 is 33.2 Å². The number of Topliss-reactive ketones (excluding diaryl/α,β-unsaturated/α-hetero) is 1. The summed E-state index contributed by atoms with van der Waals surface area (Å²) in [7, 11) is 0. The fourth-order valence-corrected chi connectivity index (χ4v) is 4.35. The minimum atomic E-state index is -0.627. The first-order valence-electron chi connectivity index (χ1n) is 9.29. The van der Waals surface area contributed by atoms with E-state index in [2.05, 4.69) is 4.98 Å². The van der Waals surface area contributed by atoms with E-state index in [4.69, 9.17) is 9.47 Å². The van der Waals surface area contributed by atoms with E-state index in [1.165, 1.54) is 12.1 Å². The van der Waals surface area contributed by atoms with Crippen LogP contribution >= 0.6 is 11.3 Å². The van der Waals surface area contributed by atoms with E-state index in [1.807, 2.05) is 18.2 Å². The van der Waals surface area contributed by atoms with Gasteiger partial charge in [0.25, 0.3) is 5.91 Å². The average Bonchev–Trinajstić information content (AvgIpc) is 3.16. The Kier molecular flexibility index (Phi) is 4.43. The normalized spacial score (nSPS) is 16.3. The Morgan fingerprint density at radius 2 is 2.21 bits per heavy atom. The summed E-state index contributed by atoms with van der Waals surface area (Å²) in [5.74, 6) is 0.167. The number of para-hydroxylation sites is 1. The largest absolute Gasteiger partial charge is 0.491 e. The number of halogens is 1. The van der Waals surface area contributed by atoms with Gasteiger partial charge >= 0.3 is 0 Å². The van der Waals surface area contributed by atoms with E-state index in [0.717, 1.165) is 16.0 Å². The molecule has 3 heterocycles. The highest BCUT2D eigenvalue weighted by Gasteiger charge is 2.34. The summed E-state index contributed by atoms with van der Waals surface area (Å²) in [4.78, 5) is 30.2. The molecule has 0 atom stereocenters. The zero-order chi connectivity index (χ0) is 20.0. The number of carbonyl (C=O) groups excluding carboxylic acids is 2. The SMILES string of the molecule is O=C1COc2cc(F)c(C(=O)N3CC(COc4cccc5scnc45)C3)cc2C1. The summed E-state index contributed by atoms with van der Waals surface area (Å²) in [6.45, 7) is 1.41. The first kappa shape index (κ1) is 18.1. The number of benzene rings is 2. The average molecular weight is 412 g/mol. The molecule has 0 saturated carbocycles. The van der Waals surface area contributed by atoms with Crippen molar-refractivity contribution in [2.75, 3.05) is 26.3 Å². The summed E-state index contributed by atoms with van der Waals surface area (Å²) < 4.78 is 26.6. The van der Waals surface area contributed by atoms with Crippen LogP contribution < -0.4 is 9.47 Å². The molecule has 1 fully saturated rings. The van der Waals surface area contributed by atoms with Crippen LogP contribution in [0.25, 0.3) is 10.2 Å². The van der Waals surface area contributed by atoms with Crippen molar-refractivity contribution in [2.45, 2.75) is 6.42 Å². The van der Waals surface area contributed by atoms with E-state index >= 15 is 0 Å². The monoisotopic (exact) mass is 412 g/mol. The van der Waals surface area contributed by atoms with Gasteiger partial charge in [0, 0.05) is 37.1 Å². The molecule has 3 aromatic rings. The fraction of sp³-hybridized carbons (Fsp3) is 0.286. The number of likely N-dealkylation sites (tertiary alicyclic amines) is 1. The summed E-state index contributed by atoms with van der Waals surface area (Å²) in [5, 5.41) is 0. The van der Waals surface area contributed by atoms with Crippen LogP contribution in [0.4, 0.5) is 4.39 Å². The van der Waals surface area contributed by atoms with E-state index < -0.39 is 5.82 Å². The maximum atomic E-state index is 14.4. The smallest absolute Gasteiger partial charge is 0.256 e. The van der Waals surface area contributed by atoms with Gasteiger partial charge in [0.15, 0.2) is 5.78 Å². The molecule has 1 amide bonds. The van der Waals surface area contributed by atoms with E-state index in [-0.39, 0.29) is 36.2 Å². The molecule has 0 aliphatic carbocycles. The van der Waals surface area contributed by atoms with Gasteiger partial charge in [0.1, 0.15) is 29.4 Å². The molecule has 1 aromatic heterocycles. The molecular weight excluding hydrogens is 395 g/mol. The second-order valence-electron chi connectivity index (χ2n) is 7.29. The molecule has 2 aromatic carbocycles. The number of carbonyl (C=O) groups is 2. The summed E-state index contributed by atoms with van der Waals surface area (Å²) in [6, 6.07) is 8.45. The van der Waals surface area contributed by atoms with Crippen molar-refractivity contribution < 1.29 is 23.5 Å². The molecule has 0 spiro atoms. The second-order valence-corrected chi connectivity index (χ2v) is 8.17. The van der Waals surface area contributed by atoms with Crippen LogP contribution in [0.15, 0.2) is 35.8 Å². The lowest BCUT2D eigenvalue weighted by Crippen LogP contribution is -2.52. The van der Waals surface area contributed by atoms with Crippen molar-refractivity contribution in [1.29, 1.82) is 0 Å². The Hall–Kier alpha value is -3.00. The molecule has 0 N–H and O–H groups in total. The Morgan fingerprint density at radius 3 is 3.07 bits per heavy atom. The van der Waals surface area contributed by atoms with Crippen molar-refractivity contribution in [3.05, 3.63) is 52.8 Å². The molecule has 2 aliphatic heterocycles. The molecule has 1 saturated heterocycles. The zero-order valence-electron chi connectivity index (χ0n) is 15.4. The maximum absolute atomic E-state index is 14.4. The molecule has 29 heavy (non-hydrogen) atoms. The van der Waals surface area contributed by atoms with Crippen molar-refractivity contribution in [3.8, 4) is 11.5 Å². The summed E-state index contributed by atoms with van der Waals surface area (Å²) in [5.41, 5.74) is 3.17. The Morgan fingerprint density at radius 1 is 1.34 bits per heavy atom. The number of ether oxygens (including phenoxy) is 2. The van der Waals surface area contributed by atoms with Crippen LogP contribution in [0.3, 0.4) is 0 Å². The van der Waals surface area contributed by atoms with Gasteiger partial charge in [-0.05, 0) is 18.2 Å². The molecule has 0 unspecified atom stereocenters. The van der Waals surface area contributed by atoms with Crippen molar-refractivity contribution in [3.63, 3.8) is 0 Å². The quantitative estimate of drug-likeness (QED) is 0.659. The predicted molar refractivity (Wildman–Crippen MR) is 105 cm³/mol. The van der Waals surface area contributed by atoms with Gasteiger partial charge < -0.3 is 14.4 Å². The third-order valence-electron chi connectivity index (χ3n) is 5.20. The predicted octanol–water partition coefficient (Wildman–Crippen LogP) is 3.09. The zero-order valence-corrected chi connectivity index (χ0v) is 16.2. The van der Waals surface area contributed by atoms with Crippen LogP contribution in [-0.2, 0) is 11.2 Å². The highest BCUT2D eigenvalue weighted by Crippen LogP contribution is 2.30. The molecule has 0 bridgehead atoms. The number of hydrogen-bond acceptors (Lipinski definition) is 6. The van der Waals surface area contributed by atoms with Gasteiger partial charge in [-0.15, -0.1) is 11.3 Å². The molecular formula is C21H17FN2O4S. The Labute approximate surface area is 169 Å². The molecule has 0 radical (unpaired) electrons. The highest BCUT2D eigenvalue weighted by molar-refractivity contribution is 7.16. The molecule has 6 nitrogen and oxygen atoms in total. The Balaban J connectivity index is 1.22. The summed E-state index contributed by atoms with van der Waals surface area (Å²) >= 11 is 1.56. The molecule has 5 rings (SSSR count). The lowest BCUT2D eigenvalue weighted by atomic mass is 9.97. The van der Waals surface area contributed by atoms with E-state index in [0.29, 0.717) is 31.0 Å². The number of rotatable bonds is 4. The first-order chi connectivity index (χ1) is 14.1. The topological polar surface area (TPSA) is 68.7 Å². The van der Waals surface area contributed by atoms with Crippen LogP contribution in [0.1, 0.15) is 15.9 Å². The summed E-state index contributed by atoms with van der Waals surface area (Å²) in [6.07, 6.45) is 0.161. The number of thiazole rings is 1. The lowest BCUT2D eigenvalue weighted by Gasteiger charge is -2.39. The Bertz CT molecular complexity index is 1120. The molecule has 148 valence electrons. The van der Waals surface area contributed by atoms with Crippen LogP contribution in [0.5, 0.6) is 11.5 Å². The van der Waals surface area contributed by atoms with Gasteiger partial charge in [-0.2, -0.15) is 0 Å². The minimum absolute atomic E-state index is 0.0198. The van der Waals surface area contributed by atoms with Crippen LogP contribution in [0.2, 0.25) is 0 Å². The number of aromatic nitrogens is 1. The molecule has 8 heteroatoms. The van der Waals surface area contributed by atoms with Gasteiger partial charge in [-0.25, -0.2) is 9.37 Å². The van der Waals surface area contributed by atoms with Crippen molar-refractivity contribution in [2.24, 2.45) is 5.92 Å². The van der Waals surface area contributed by atoms with Crippen molar-refractivity contribution in [1.82, 2.24) is 9.88 Å². The lowest BCUT2D eigenvalue weighted by molar-refractivity contribution is -0.121. The number of amides is 1. The fourth-order valence-electron chi connectivity index (χ4n) is 3.65. The van der Waals surface area contributed by atoms with E-state index in [9.17, 15) is 14.0 Å². The minimum Gasteiger partial charge on any atom is -0.491 e. The van der Waals surface area contributed by atoms with Gasteiger partial charge in [0.05, 0.1) is 22.4 Å². The number of nitrogens with zero attached hydrogens (tertiary/aromatic N) is 2. The van der Waals surface area contributed by atoms with Gasteiger partial charge in [0.2, 0.25) is 0 Å². The second kappa shape index (κ2) is 7.11. The van der Waals surface area contributed by atoms with Gasteiger partial charge in [-0.1, -0.05) is 6.07 Å². The number of hydrogen-bond donors (Lipinski definition) is 0. The standard InChI is InChI=1S/C21H17FN2O4S/c22-16-6-18-13(4-14(25)10-28-18)5-15(16)21(26)24-7-12(8-24)9-27-17-2-1-3-19-20(17)23-11-29-19/h1-3,5-6,11-12H,4,7-10H2. The number of fused-ring (bicyclic) bond motifs is 2. The van der Waals surface area contributed by atoms with Crippen LogP contribution in [-0.4, -0.2) is 47.9 Å². The van der Waals surface area contributed by atoms with E-state index in [1.54, 1.807) is 21.7 Å². The molecule has 2 aliphatic rings. The third-order valence-corrected chi connectivity index (χ3v) is 5.99. The third kappa shape index (κ3) is 3.33. The maximum Gasteiger partial charge on any atom is 0.256 e. The van der Waals surface area contributed by atoms with Crippen LogP contribution in [0, 0.1) is 11.7 Å².